The average Bonchev–Trinajstić information content (AvgIpc) is 3.61. The zero-order chi connectivity index (χ0) is 28.6. The second-order valence-electron chi connectivity index (χ2n) is 11.8. The van der Waals surface area contributed by atoms with Crippen LogP contribution in [0.4, 0.5) is 5.69 Å². The van der Waals surface area contributed by atoms with Crippen molar-refractivity contribution in [3.8, 4) is 0 Å². The Kier molecular flexibility index (Phi) is 8.03. The Morgan fingerprint density at radius 2 is 1.78 bits per heavy atom. The molecule has 1 saturated carbocycles. The molecule has 3 fully saturated rings. The van der Waals surface area contributed by atoms with Gasteiger partial charge in [-0.05, 0) is 49.7 Å². The molecule has 4 aliphatic rings. The molecule has 3 aliphatic heterocycles. The summed E-state index contributed by atoms with van der Waals surface area (Å²) < 4.78 is 7.39. The Hall–Kier alpha value is -3.01. The molecule has 2 bridgehead atoms. The monoisotopic (exact) mass is 620 g/mol. The third-order valence-corrected chi connectivity index (χ3v) is 9.53. The molecule has 6 rings (SSSR count). The van der Waals surface area contributed by atoms with E-state index in [1.807, 2.05) is 61.7 Å². The molecular formula is C32H37BrN4O4. The fourth-order valence-electron chi connectivity index (χ4n) is 7.05. The molecule has 1 aliphatic carbocycles. The molecule has 2 aromatic carbocycles. The summed E-state index contributed by atoms with van der Waals surface area (Å²) in [6, 6.07) is 16.8. The van der Waals surface area contributed by atoms with Gasteiger partial charge in [-0.1, -0.05) is 77.7 Å². The molecule has 2 saturated heterocycles. The van der Waals surface area contributed by atoms with Gasteiger partial charge < -0.3 is 25.2 Å². The number of benzene rings is 2. The van der Waals surface area contributed by atoms with Gasteiger partial charge in [-0.2, -0.15) is 0 Å². The van der Waals surface area contributed by atoms with Crippen LogP contribution in [-0.4, -0.2) is 71.4 Å². The summed E-state index contributed by atoms with van der Waals surface area (Å²) in [5.41, 5.74) is 0.676. The van der Waals surface area contributed by atoms with Crippen LogP contribution in [0.1, 0.15) is 37.7 Å². The van der Waals surface area contributed by atoms with Crippen molar-refractivity contribution < 1.29 is 19.1 Å². The van der Waals surface area contributed by atoms with Crippen LogP contribution in [0.2, 0.25) is 0 Å². The number of anilines is 1. The lowest BCUT2D eigenvalue weighted by atomic mass is 9.74. The van der Waals surface area contributed by atoms with Crippen LogP contribution >= 0.6 is 15.9 Å². The summed E-state index contributed by atoms with van der Waals surface area (Å²) in [5.74, 6) is -2.11. The first-order valence-electron chi connectivity index (χ1n) is 14.6. The molecule has 3 heterocycles. The van der Waals surface area contributed by atoms with E-state index in [1.165, 1.54) is 12.0 Å². The number of nitrogens with zero attached hydrogens (tertiary/aromatic N) is 2. The van der Waals surface area contributed by atoms with Gasteiger partial charge in [0.2, 0.25) is 17.7 Å². The third kappa shape index (κ3) is 5.47. The molecular weight excluding hydrogens is 584 g/mol. The molecule has 9 heteroatoms. The summed E-state index contributed by atoms with van der Waals surface area (Å²) in [7, 11) is 2.01. The Morgan fingerprint density at radius 1 is 1.05 bits per heavy atom. The number of likely N-dealkylation sites (tertiary alicyclic amines) is 1. The van der Waals surface area contributed by atoms with Crippen molar-refractivity contribution in [2.75, 3.05) is 25.5 Å². The fourth-order valence-corrected chi connectivity index (χ4v) is 7.31. The SMILES string of the molecule is CN(CCN1C(=O)[C@@H]2C(C(=O)Nc3ccc(Br)cc3)[C@@H]3C=CC2(O3)C1C(=O)NC1CCCCC1)Cc1ccccc1. The van der Waals surface area contributed by atoms with Crippen molar-refractivity contribution in [2.24, 2.45) is 11.8 Å². The summed E-state index contributed by atoms with van der Waals surface area (Å²) in [4.78, 5) is 45.6. The predicted octanol–water partition coefficient (Wildman–Crippen LogP) is 4.12. The second-order valence-corrected chi connectivity index (χ2v) is 12.7. The molecule has 216 valence electrons. The first-order valence-corrected chi connectivity index (χ1v) is 15.4. The molecule has 2 aromatic rings. The number of halogens is 1. The van der Waals surface area contributed by atoms with E-state index < -0.39 is 29.6 Å². The third-order valence-electron chi connectivity index (χ3n) is 9.01. The van der Waals surface area contributed by atoms with Crippen molar-refractivity contribution in [1.29, 1.82) is 0 Å². The van der Waals surface area contributed by atoms with E-state index in [0.29, 0.717) is 18.8 Å². The Morgan fingerprint density at radius 3 is 2.51 bits per heavy atom. The van der Waals surface area contributed by atoms with Crippen molar-refractivity contribution in [2.45, 2.75) is 62.4 Å². The minimum absolute atomic E-state index is 0.100. The van der Waals surface area contributed by atoms with Gasteiger partial charge in [0.05, 0.1) is 17.9 Å². The zero-order valence-corrected chi connectivity index (χ0v) is 24.9. The van der Waals surface area contributed by atoms with E-state index in [1.54, 1.807) is 4.90 Å². The summed E-state index contributed by atoms with van der Waals surface area (Å²) in [5, 5.41) is 6.23. The van der Waals surface area contributed by atoms with Crippen LogP contribution in [0.25, 0.3) is 0 Å². The Balaban J connectivity index is 1.24. The van der Waals surface area contributed by atoms with Crippen LogP contribution in [0, 0.1) is 11.8 Å². The number of hydrogen-bond acceptors (Lipinski definition) is 5. The van der Waals surface area contributed by atoms with Gasteiger partial charge in [0.15, 0.2) is 0 Å². The number of rotatable bonds is 9. The number of likely N-dealkylation sites (N-methyl/N-ethyl adjacent to an activating group) is 1. The number of ether oxygens (including phenoxy) is 1. The summed E-state index contributed by atoms with van der Waals surface area (Å²) >= 11 is 3.42. The number of carbonyl (C=O) groups is 3. The van der Waals surface area contributed by atoms with Crippen molar-refractivity contribution in [1.82, 2.24) is 15.1 Å². The average molecular weight is 622 g/mol. The predicted molar refractivity (Wildman–Crippen MR) is 160 cm³/mol. The largest absolute Gasteiger partial charge is 0.359 e. The van der Waals surface area contributed by atoms with E-state index in [4.69, 9.17) is 4.74 Å². The van der Waals surface area contributed by atoms with Gasteiger partial charge in [0.25, 0.3) is 0 Å². The van der Waals surface area contributed by atoms with Gasteiger partial charge in [-0.25, -0.2) is 0 Å². The van der Waals surface area contributed by atoms with Gasteiger partial charge in [-0.15, -0.1) is 0 Å². The maximum atomic E-state index is 14.2. The first kappa shape index (κ1) is 28.1. The summed E-state index contributed by atoms with van der Waals surface area (Å²) in [6.07, 6.45) is 8.44. The standard InChI is InChI=1S/C32H37BrN4O4/c1-36(20-21-8-4-2-5-9-21)18-19-37-28(30(39)35-23-10-6-3-7-11-23)32-17-16-25(41-32)26(27(32)31(37)40)29(38)34-24-14-12-22(33)13-15-24/h2,4-5,8-9,12-17,23,25-28H,3,6-7,10-11,18-20H2,1H3,(H,34,38)(H,35,39)/t25-,26?,27-,28?,32?/m0/s1. The molecule has 0 radical (unpaired) electrons. The smallest absolute Gasteiger partial charge is 0.246 e. The molecule has 3 unspecified atom stereocenters. The molecule has 0 aromatic heterocycles. The highest BCUT2D eigenvalue weighted by atomic mass is 79.9. The van der Waals surface area contributed by atoms with E-state index in [2.05, 4.69) is 43.6 Å². The van der Waals surface area contributed by atoms with Gasteiger partial charge in [0.1, 0.15) is 11.6 Å². The quantitative estimate of drug-likeness (QED) is 0.412. The number of nitrogens with one attached hydrogen (secondary N) is 2. The van der Waals surface area contributed by atoms with Crippen LogP contribution < -0.4 is 10.6 Å². The van der Waals surface area contributed by atoms with Crippen LogP contribution in [0.15, 0.2) is 71.2 Å². The van der Waals surface area contributed by atoms with Gasteiger partial charge in [0, 0.05) is 35.8 Å². The van der Waals surface area contributed by atoms with Crippen LogP contribution in [0.3, 0.4) is 0 Å². The van der Waals surface area contributed by atoms with E-state index in [-0.39, 0.29) is 23.8 Å². The Bertz CT molecular complexity index is 1310. The normalized spacial score (nSPS) is 28.8. The van der Waals surface area contributed by atoms with E-state index in [9.17, 15) is 14.4 Å². The minimum Gasteiger partial charge on any atom is -0.359 e. The lowest BCUT2D eigenvalue weighted by Gasteiger charge is -2.34. The van der Waals surface area contributed by atoms with Crippen molar-refractivity contribution >= 4 is 39.3 Å². The van der Waals surface area contributed by atoms with Gasteiger partial charge in [-0.3, -0.25) is 14.4 Å². The maximum absolute atomic E-state index is 14.2. The highest BCUT2D eigenvalue weighted by Gasteiger charge is 2.72. The maximum Gasteiger partial charge on any atom is 0.246 e. The number of amides is 3. The summed E-state index contributed by atoms with van der Waals surface area (Å²) in [6.45, 7) is 1.68. The van der Waals surface area contributed by atoms with Crippen molar-refractivity contribution in [3.05, 3.63) is 76.8 Å². The van der Waals surface area contributed by atoms with Crippen LogP contribution in [0.5, 0.6) is 0 Å². The lowest BCUT2D eigenvalue weighted by molar-refractivity contribution is -0.141. The highest BCUT2D eigenvalue weighted by molar-refractivity contribution is 9.10. The molecule has 1 spiro atoms. The molecule has 41 heavy (non-hydrogen) atoms. The highest BCUT2D eigenvalue weighted by Crippen LogP contribution is 2.55. The van der Waals surface area contributed by atoms with Crippen molar-refractivity contribution in [3.63, 3.8) is 0 Å². The minimum atomic E-state index is -1.15. The van der Waals surface area contributed by atoms with E-state index >= 15 is 0 Å². The molecule has 2 N–H and O–H groups in total. The number of carbonyl (C=O) groups excluding carboxylic acids is 3. The number of fused-ring (bicyclic) bond motifs is 1. The van der Waals surface area contributed by atoms with Gasteiger partial charge >= 0.3 is 0 Å². The number of hydrogen-bond donors (Lipinski definition) is 2. The van der Waals surface area contributed by atoms with E-state index in [0.717, 1.165) is 36.7 Å². The molecule has 8 nitrogen and oxygen atoms in total. The molecule has 3 amide bonds. The molecule has 5 atom stereocenters. The second kappa shape index (κ2) is 11.7. The lowest BCUT2D eigenvalue weighted by Crippen LogP contribution is -2.57. The topological polar surface area (TPSA) is 91.0 Å². The Labute approximate surface area is 249 Å². The first-order chi connectivity index (χ1) is 19.9. The fraction of sp³-hybridized carbons (Fsp3) is 0.469. The zero-order valence-electron chi connectivity index (χ0n) is 23.3. The van der Waals surface area contributed by atoms with Crippen LogP contribution in [-0.2, 0) is 25.7 Å².